The fraction of sp³-hybridized carbons (Fsp3) is 0.300. The molecule has 0 spiro atoms. The smallest absolute Gasteiger partial charge is 0.295 e. The molecule has 1 fully saturated rings. The third-order valence-electron chi connectivity index (χ3n) is 6.52. The Balaban J connectivity index is 1.71. The molecular weight excluding hydrogens is 466 g/mol. The van der Waals surface area contributed by atoms with Gasteiger partial charge in [0.25, 0.3) is 5.91 Å². The molecule has 1 amide bonds. The SMILES string of the molecule is C=CCOc1ccc(/C([O-])=C2\C(=O)C(=O)N(CCC[n+]3cc[nH]c3)C2c2ccc(C(C)(C)C)cc2)cc1. The Morgan fingerprint density at radius 3 is 2.43 bits per heavy atom. The molecule has 0 bridgehead atoms. The van der Waals surface area contributed by atoms with Gasteiger partial charge in [-0.1, -0.05) is 75.6 Å². The first-order valence-electron chi connectivity index (χ1n) is 12.4. The van der Waals surface area contributed by atoms with Crippen molar-refractivity contribution in [2.24, 2.45) is 0 Å². The summed E-state index contributed by atoms with van der Waals surface area (Å²) >= 11 is 0. The van der Waals surface area contributed by atoms with Crippen LogP contribution in [0.4, 0.5) is 0 Å². The lowest BCUT2D eigenvalue weighted by Gasteiger charge is -2.28. The molecule has 1 unspecified atom stereocenters. The summed E-state index contributed by atoms with van der Waals surface area (Å²) in [5.74, 6) is -1.23. The zero-order chi connectivity index (χ0) is 26.6. The largest absolute Gasteiger partial charge is 0.872 e. The van der Waals surface area contributed by atoms with Crippen LogP contribution < -0.4 is 14.4 Å². The van der Waals surface area contributed by atoms with Crippen molar-refractivity contribution < 1.29 is 24.0 Å². The first-order chi connectivity index (χ1) is 17.7. The molecule has 1 aliphatic heterocycles. The summed E-state index contributed by atoms with van der Waals surface area (Å²) in [6.45, 7) is 11.4. The molecule has 1 aliphatic rings. The maximum absolute atomic E-state index is 13.6. The van der Waals surface area contributed by atoms with Crippen LogP contribution in [-0.2, 0) is 21.5 Å². The Hall–Kier alpha value is -4.13. The van der Waals surface area contributed by atoms with Crippen LogP contribution in [0.3, 0.4) is 0 Å². The van der Waals surface area contributed by atoms with Gasteiger partial charge in [-0.2, -0.15) is 0 Å². The van der Waals surface area contributed by atoms with E-state index in [1.807, 2.05) is 47.6 Å². The van der Waals surface area contributed by atoms with Crippen molar-refractivity contribution in [3.63, 3.8) is 0 Å². The fourth-order valence-electron chi connectivity index (χ4n) is 4.51. The fourth-order valence-corrected chi connectivity index (χ4v) is 4.51. The number of carbonyl (C=O) groups is 2. The van der Waals surface area contributed by atoms with Gasteiger partial charge in [0.15, 0.2) is 0 Å². The number of Topliss-reactive ketones (excluding diaryl/α,β-unsaturated/α-hetero) is 1. The molecule has 0 saturated carbocycles. The van der Waals surface area contributed by atoms with E-state index in [2.05, 4.69) is 32.3 Å². The number of hydrogen-bond acceptors (Lipinski definition) is 4. The van der Waals surface area contributed by atoms with E-state index in [4.69, 9.17) is 4.74 Å². The maximum Gasteiger partial charge on any atom is 0.295 e. The average molecular weight is 500 g/mol. The Kier molecular flexibility index (Phi) is 7.62. The standard InChI is InChI=1S/C30H33N3O4/c1-5-19-37-24-13-9-22(10-14-24)27(34)25-26(21-7-11-23(12-8-21)30(2,3)4)33(29(36)28(25)35)17-6-16-32-18-15-31-20-32/h5,7-15,18,20,26H,1,6,16-17,19H2,2-4H3,(H,34,35). The molecule has 1 atom stereocenters. The summed E-state index contributed by atoms with van der Waals surface area (Å²) in [4.78, 5) is 31.0. The summed E-state index contributed by atoms with van der Waals surface area (Å²) in [7, 11) is 0. The summed E-state index contributed by atoms with van der Waals surface area (Å²) in [5, 5.41) is 13.6. The van der Waals surface area contributed by atoms with Crippen LogP contribution >= 0.6 is 0 Å². The number of likely N-dealkylation sites (tertiary alicyclic amines) is 1. The summed E-state index contributed by atoms with van der Waals surface area (Å²) in [5.41, 5.74) is 2.15. The van der Waals surface area contributed by atoms with Crippen LogP contribution in [0.1, 0.15) is 49.9 Å². The highest BCUT2D eigenvalue weighted by atomic mass is 16.5. The van der Waals surface area contributed by atoms with Crippen LogP contribution in [0.2, 0.25) is 0 Å². The highest BCUT2D eigenvalue weighted by Gasteiger charge is 2.44. The molecule has 4 rings (SSSR count). The summed E-state index contributed by atoms with van der Waals surface area (Å²) < 4.78 is 7.48. The number of nitrogens with one attached hydrogen (secondary N) is 1. The van der Waals surface area contributed by atoms with E-state index in [0.29, 0.717) is 37.4 Å². The van der Waals surface area contributed by atoms with Crippen molar-refractivity contribution in [1.29, 1.82) is 0 Å². The minimum absolute atomic E-state index is 0.0115. The molecule has 7 nitrogen and oxygen atoms in total. The van der Waals surface area contributed by atoms with Gasteiger partial charge < -0.3 is 14.7 Å². The molecule has 2 aromatic carbocycles. The number of ketones is 1. The molecule has 3 aromatic rings. The van der Waals surface area contributed by atoms with E-state index in [9.17, 15) is 14.7 Å². The van der Waals surface area contributed by atoms with Crippen molar-refractivity contribution in [3.05, 3.63) is 102 Å². The topological polar surface area (TPSA) is 89.3 Å². The molecule has 1 aromatic heterocycles. The number of carbonyl (C=O) groups excluding carboxylic acids is 2. The van der Waals surface area contributed by atoms with Crippen LogP contribution in [0.25, 0.3) is 5.76 Å². The molecule has 2 heterocycles. The van der Waals surface area contributed by atoms with Gasteiger partial charge in [0.1, 0.15) is 24.8 Å². The Bertz CT molecular complexity index is 1280. The van der Waals surface area contributed by atoms with Gasteiger partial charge in [-0.05, 0) is 34.2 Å². The first-order valence-corrected chi connectivity index (χ1v) is 12.4. The third-order valence-corrected chi connectivity index (χ3v) is 6.52. The van der Waals surface area contributed by atoms with Gasteiger partial charge in [-0.25, -0.2) is 4.57 Å². The number of ether oxygens (including phenoxy) is 1. The number of benzene rings is 2. The van der Waals surface area contributed by atoms with E-state index < -0.39 is 23.5 Å². The van der Waals surface area contributed by atoms with Crippen LogP contribution in [0, 0.1) is 0 Å². The Morgan fingerprint density at radius 2 is 1.84 bits per heavy atom. The maximum atomic E-state index is 13.6. The number of nitrogens with zero attached hydrogens (tertiary/aromatic N) is 2. The highest BCUT2D eigenvalue weighted by molar-refractivity contribution is 6.46. The second-order valence-electron chi connectivity index (χ2n) is 10.2. The van der Waals surface area contributed by atoms with Gasteiger partial charge >= 0.3 is 0 Å². The number of hydrogen-bond donors (Lipinski definition) is 1. The zero-order valence-electron chi connectivity index (χ0n) is 21.6. The molecule has 7 heteroatoms. The van der Waals surface area contributed by atoms with E-state index >= 15 is 0 Å². The van der Waals surface area contributed by atoms with Crippen molar-refractivity contribution in [1.82, 2.24) is 9.88 Å². The van der Waals surface area contributed by atoms with Crippen LogP contribution in [0.5, 0.6) is 5.75 Å². The van der Waals surface area contributed by atoms with Crippen molar-refractivity contribution in [2.75, 3.05) is 13.2 Å². The number of aromatic nitrogens is 2. The van der Waals surface area contributed by atoms with Gasteiger partial charge in [-0.15, -0.1) is 0 Å². The van der Waals surface area contributed by atoms with Crippen molar-refractivity contribution in [3.8, 4) is 5.75 Å². The van der Waals surface area contributed by atoms with Gasteiger partial charge in [-0.3, -0.25) is 14.6 Å². The normalized spacial score (nSPS) is 17.3. The number of H-pyrrole nitrogens is 1. The predicted octanol–water partition coefficient (Wildman–Crippen LogP) is 3.48. The number of aromatic amines is 1. The van der Waals surface area contributed by atoms with Crippen LogP contribution in [-0.4, -0.2) is 34.7 Å². The molecular formula is C30H33N3O4. The molecule has 192 valence electrons. The molecule has 0 aliphatic carbocycles. The van der Waals surface area contributed by atoms with E-state index in [-0.39, 0.29) is 11.0 Å². The van der Waals surface area contributed by atoms with Crippen molar-refractivity contribution >= 4 is 17.4 Å². The predicted molar refractivity (Wildman–Crippen MR) is 139 cm³/mol. The molecule has 37 heavy (non-hydrogen) atoms. The van der Waals surface area contributed by atoms with E-state index in [1.165, 1.54) is 4.90 Å². The Morgan fingerprint density at radius 1 is 1.14 bits per heavy atom. The first kappa shape index (κ1) is 25.9. The Labute approximate surface area is 217 Å². The lowest BCUT2D eigenvalue weighted by atomic mass is 9.85. The third kappa shape index (κ3) is 5.66. The van der Waals surface area contributed by atoms with E-state index in [1.54, 1.807) is 30.3 Å². The number of imidazole rings is 1. The van der Waals surface area contributed by atoms with E-state index in [0.717, 1.165) is 11.1 Å². The second-order valence-corrected chi connectivity index (χ2v) is 10.2. The second kappa shape index (κ2) is 10.9. The number of rotatable bonds is 9. The highest BCUT2D eigenvalue weighted by Crippen LogP contribution is 2.39. The molecule has 1 saturated heterocycles. The average Bonchev–Trinajstić information content (AvgIpc) is 3.49. The zero-order valence-corrected chi connectivity index (χ0v) is 21.6. The van der Waals surface area contributed by atoms with Gasteiger partial charge in [0.05, 0.1) is 12.6 Å². The quantitative estimate of drug-likeness (QED) is 0.161. The van der Waals surface area contributed by atoms with Crippen molar-refractivity contribution in [2.45, 2.75) is 45.2 Å². The lowest BCUT2D eigenvalue weighted by molar-refractivity contribution is -0.695. The lowest BCUT2D eigenvalue weighted by Crippen LogP contribution is -2.36. The minimum atomic E-state index is -0.741. The monoisotopic (exact) mass is 499 g/mol. The van der Waals surface area contributed by atoms with Gasteiger partial charge in [0, 0.05) is 18.5 Å². The molecule has 1 N–H and O–H groups in total. The summed E-state index contributed by atoms with van der Waals surface area (Å²) in [6.07, 6.45) is 7.83. The van der Waals surface area contributed by atoms with Crippen LogP contribution in [0.15, 0.2) is 85.5 Å². The minimum Gasteiger partial charge on any atom is -0.872 e. The summed E-state index contributed by atoms with van der Waals surface area (Å²) in [6, 6.07) is 13.7. The van der Waals surface area contributed by atoms with Gasteiger partial charge in [0.2, 0.25) is 12.1 Å². The number of amides is 1. The molecule has 0 radical (unpaired) electrons. The number of aryl methyl sites for hydroxylation is 1.